The van der Waals surface area contributed by atoms with Crippen LogP contribution in [0.1, 0.15) is 32.8 Å². The van der Waals surface area contributed by atoms with E-state index in [-0.39, 0.29) is 12.7 Å². The highest BCUT2D eigenvalue weighted by Gasteiger charge is 2.28. The third kappa shape index (κ3) is 7.42. The Kier molecular flexibility index (Phi) is 7.23. The fourth-order valence-corrected chi connectivity index (χ4v) is 2.50. The van der Waals surface area contributed by atoms with Gasteiger partial charge in [-0.1, -0.05) is 30.3 Å². The summed E-state index contributed by atoms with van der Waals surface area (Å²) < 4.78 is 16.9. The normalized spacial score (nSPS) is 22.2. The Hall–Kier alpha value is -1.63. The van der Waals surface area contributed by atoms with Crippen LogP contribution >= 0.6 is 0 Å². The summed E-state index contributed by atoms with van der Waals surface area (Å²) in [6.45, 7) is 7.41. The van der Waals surface area contributed by atoms with Crippen molar-refractivity contribution < 1.29 is 24.1 Å². The van der Waals surface area contributed by atoms with Crippen LogP contribution in [0.2, 0.25) is 0 Å². The fourth-order valence-electron chi connectivity index (χ4n) is 2.50. The topological polar surface area (TPSA) is 68.2 Å². The third-order valence-corrected chi connectivity index (χ3v) is 3.75. The van der Waals surface area contributed by atoms with Gasteiger partial charge < -0.3 is 24.2 Å². The van der Waals surface area contributed by atoms with Crippen LogP contribution in [-0.2, 0) is 20.8 Å². The molecule has 0 spiro atoms. The van der Waals surface area contributed by atoms with E-state index in [4.69, 9.17) is 14.2 Å². The number of ether oxygens (including phenoxy) is 3. The standard InChI is InChI=1S/C19H29NO5/c1-19(2,3)25-18(22)20-10-9-16(21)13-24-17(11-20)14-23-12-15-7-5-4-6-8-15/h4-8,16-17,21H,9-14H2,1-3H3/t16-,17+/m1/s1. The van der Waals surface area contributed by atoms with Gasteiger partial charge in [-0.25, -0.2) is 4.79 Å². The van der Waals surface area contributed by atoms with E-state index in [0.717, 1.165) is 5.56 Å². The maximum Gasteiger partial charge on any atom is 0.410 e. The third-order valence-electron chi connectivity index (χ3n) is 3.75. The van der Waals surface area contributed by atoms with E-state index in [0.29, 0.717) is 32.7 Å². The van der Waals surface area contributed by atoms with Crippen LogP contribution in [-0.4, -0.2) is 60.2 Å². The molecule has 1 aromatic rings. The van der Waals surface area contributed by atoms with Crippen molar-refractivity contribution in [2.45, 2.75) is 51.6 Å². The summed E-state index contributed by atoms with van der Waals surface area (Å²) in [5, 5.41) is 9.92. The lowest BCUT2D eigenvalue weighted by molar-refractivity contribution is -0.0801. The highest BCUT2D eigenvalue weighted by Crippen LogP contribution is 2.14. The minimum atomic E-state index is -0.595. The molecule has 25 heavy (non-hydrogen) atoms. The van der Waals surface area contributed by atoms with Crippen molar-refractivity contribution in [3.05, 3.63) is 35.9 Å². The van der Waals surface area contributed by atoms with Gasteiger partial charge in [-0.05, 0) is 32.8 Å². The summed E-state index contributed by atoms with van der Waals surface area (Å²) in [6.07, 6.45) is -0.817. The SMILES string of the molecule is CC(C)(C)OC(=O)N1CC[C@@H](O)CO[C@H](COCc2ccccc2)C1. The Bertz CT molecular complexity index is 528. The summed E-state index contributed by atoms with van der Waals surface area (Å²) >= 11 is 0. The van der Waals surface area contributed by atoms with E-state index in [1.165, 1.54) is 0 Å². The van der Waals surface area contributed by atoms with Crippen LogP contribution < -0.4 is 0 Å². The Labute approximate surface area is 149 Å². The molecule has 0 unspecified atom stereocenters. The summed E-state index contributed by atoms with van der Waals surface area (Å²) in [5.41, 5.74) is 0.524. The molecule has 1 heterocycles. The smallest absolute Gasteiger partial charge is 0.410 e. The van der Waals surface area contributed by atoms with Crippen molar-refractivity contribution in [1.29, 1.82) is 0 Å². The number of benzene rings is 1. The molecule has 0 aromatic heterocycles. The van der Waals surface area contributed by atoms with Gasteiger partial charge in [0, 0.05) is 6.54 Å². The number of rotatable bonds is 4. The van der Waals surface area contributed by atoms with E-state index in [1.54, 1.807) is 4.90 Å². The molecule has 6 heteroatoms. The molecule has 0 bridgehead atoms. The molecule has 6 nitrogen and oxygen atoms in total. The molecule has 1 aliphatic rings. The lowest BCUT2D eigenvalue weighted by Gasteiger charge is -2.33. The number of hydrogen-bond acceptors (Lipinski definition) is 5. The number of carbonyl (C=O) groups excluding carboxylic acids is 1. The number of aliphatic hydroxyl groups is 1. The van der Waals surface area contributed by atoms with Gasteiger partial charge in [-0.3, -0.25) is 0 Å². The second kappa shape index (κ2) is 9.17. The maximum atomic E-state index is 12.4. The molecule has 2 atom stereocenters. The van der Waals surface area contributed by atoms with Gasteiger partial charge in [0.25, 0.3) is 0 Å². The molecule has 0 saturated carbocycles. The first-order valence-electron chi connectivity index (χ1n) is 8.73. The van der Waals surface area contributed by atoms with Gasteiger partial charge in [0.15, 0.2) is 0 Å². The van der Waals surface area contributed by atoms with E-state index in [9.17, 15) is 9.90 Å². The van der Waals surface area contributed by atoms with Crippen molar-refractivity contribution in [2.24, 2.45) is 0 Å². The minimum Gasteiger partial charge on any atom is -0.444 e. The summed E-state index contributed by atoms with van der Waals surface area (Å²) in [4.78, 5) is 13.9. The maximum absolute atomic E-state index is 12.4. The van der Waals surface area contributed by atoms with Gasteiger partial charge in [0.2, 0.25) is 0 Å². The van der Waals surface area contributed by atoms with E-state index >= 15 is 0 Å². The summed E-state index contributed by atoms with van der Waals surface area (Å²) in [5.74, 6) is 0. The van der Waals surface area contributed by atoms with Crippen LogP contribution in [0.25, 0.3) is 0 Å². The Morgan fingerprint density at radius 2 is 2.04 bits per heavy atom. The van der Waals surface area contributed by atoms with E-state index in [2.05, 4.69) is 0 Å². The minimum absolute atomic E-state index is 0.252. The quantitative estimate of drug-likeness (QED) is 0.903. The first-order valence-corrected chi connectivity index (χ1v) is 8.73. The highest BCUT2D eigenvalue weighted by molar-refractivity contribution is 5.68. The molecule has 1 amide bonds. The fraction of sp³-hybridized carbons (Fsp3) is 0.632. The Balaban J connectivity index is 1.89. The number of hydrogen-bond donors (Lipinski definition) is 1. The van der Waals surface area contributed by atoms with Gasteiger partial charge >= 0.3 is 6.09 Å². The van der Waals surface area contributed by atoms with Crippen molar-refractivity contribution in [3.8, 4) is 0 Å². The summed E-state index contributed by atoms with van der Waals surface area (Å²) in [6, 6.07) is 9.88. The molecule has 1 fully saturated rings. The monoisotopic (exact) mass is 351 g/mol. The van der Waals surface area contributed by atoms with Gasteiger partial charge in [0.05, 0.1) is 38.6 Å². The average molecular weight is 351 g/mol. The van der Waals surface area contributed by atoms with Crippen molar-refractivity contribution in [2.75, 3.05) is 26.3 Å². The zero-order valence-corrected chi connectivity index (χ0v) is 15.3. The molecule has 0 aliphatic carbocycles. The number of aliphatic hydroxyl groups excluding tert-OH is 1. The molecule has 140 valence electrons. The zero-order valence-electron chi connectivity index (χ0n) is 15.3. The molecular formula is C19H29NO5. The molecule has 2 rings (SSSR count). The Morgan fingerprint density at radius 3 is 2.72 bits per heavy atom. The first kappa shape index (κ1) is 19.7. The van der Waals surface area contributed by atoms with Crippen LogP contribution in [0, 0.1) is 0 Å². The lowest BCUT2D eigenvalue weighted by Crippen LogP contribution is -2.46. The molecule has 1 aliphatic heterocycles. The number of nitrogens with zero attached hydrogens (tertiary/aromatic N) is 1. The largest absolute Gasteiger partial charge is 0.444 e. The van der Waals surface area contributed by atoms with Crippen molar-refractivity contribution in [1.82, 2.24) is 4.90 Å². The van der Waals surface area contributed by atoms with E-state index in [1.807, 2.05) is 51.1 Å². The van der Waals surface area contributed by atoms with Gasteiger partial charge in [-0.2, -0.15) is 0 Å². The summed E-state index contributed by atoms with van der Waals surface area (Å²) in [7, 11) is 0. The molecule has 1 aromatic carbocycles. The average Bonchev–Trinajstić information content (AvgIpc) is 2.53. The van der Waals surface area contributed by atoms with Crippen LogP contribution in [0.3, 0.4) is 0 Å². The van der Waals surface area contributed by atoms with Crippen LogP contribution in [0.5, 0.6) is 0 Å². The zero-order chi connectivity index (χ0) is 18.3. The predicted molar refractivity (Wildman–Crippen MR) is 94.3 cm³/mol. The van der Waals surface area contributed by atoms with E-state index < -0.39 is 17.8 Å². The number of carbonyl (C=O) groups is 1. The van der Waals surface area contributed by atoms with Gasteiger partial charge in [0.1, 0.15) is 5.60 Å². The first-order chi connectivity index (χ1) is 11.8. The predicted octanol–water partition coefficient (Wildman–Crippen LogP) is 2.59. The van der Waals surface area contributed by atoms with Crippen LogP contribution in [0.4, 0.5) is 4.79 Å². The second-order valence-electron chi connectivity index (χ2n) is 7.32. The van der Waals surface area contributed by atoms with Crippen molar-refractivity contribution >= 4 is 6.09 Å². The second-order valence-corrected chi connectivity index (χ2v) is 7.32. The molecular weight excluding hydrogens is 322 g/mol. The number of amides is 1. The molecule has 0 radical (unpaired) electrons. The van der Waals surface area contributed by atoms with Crippen LogP contribution in [0.15, 0.2) is 30.3 Å². The highest BCUT2D eigenvalue weighted by atomic mass is 16.6. The molecule has 1 N–H and O–H groups in total. The lowest BCUT2D eigenvalue weighted by atomic mass is 10.2. The van der Waals surface area contributed by atoms with Gasteiger partial charge in [-0.15, -0.1) is 0 Å². The van der Waals surface area contributed by atoms with Crippen molar-refractivity contribution in [3.63, 3.8) is 0 Å². The molecule has 1 saturated heterocycles. The Morgan fingerprint density at radius 1 is 1.32 bits per heavy atom.